The number of para-hydroxylation sites is 1. The van der Waals surface area contributed by atoms with Crippen molar-refractivity contribution in [1.29, 1.82) is 0 Å². The minimum absolute atomic E-state index is 0.00199. The quantitative estimate of drug-likeness (QED) is 0.188. The number of thiocarbonyl (C=S) groups is 1. The highest BCUT2D eigenvalue weighted by Gasteiger charge is 2.31. The summed E-state index contributed by atoms with van der Waals surface area (Å²) in [5, 5.41) is 13.6. The molecule has 31 heavy (non-hydrogen) atoms. The monoisotopic (exact) mass is 455 g/mol. The molecule has 0 radical (unpaired) electrons. The number of nitro groups is 1. The fraction of sp³-hybridized carbons (Fsp3) is 0.227. The van der Waals surface area contributed by atoms with E-state index < -0.39 is 4.92 Å². The predicted molar refractivity (Wildman–Crippen MR) is 127 cm³/mol. The summed E-state index contributed by atoms with van der Waals surface area (Å²) in [4.78, 5) is 37.0. The molecule has 0 atom stereocenters. The topological polar surface area (TPSA) is 92.5 Å². The van der Waals surface area contributed by atoms with Crippen molar-refractivity contribution in [1.82, 2.24) is 4.90 Å². The normalized spacial score (nSPS) is 14.8. The summed E-state index contributed by atoms with van der Waals surface area (Å²) in [5.41, 5.74) is 1.49. The van der Waals surface area contributed by atoms with Crippen LogP contribution in [-0.2, 0) is 9.59 Å². The molecule has 0 aromatic heterocycles. The molecule has 3 rings (SSSR count). The molecule has 9 heteroatoms. The second kappa shape index (κ2) is 10.8. The molecular weight excluding hydrogens is 434 g/mol. The Kier molecular flexibility index (Phi) is 7.91. The van der Waals surface area contributed by atoms with Crippen LogP contribution in [0.15, 0.2) is 59.5 Å². The molecule has 2 amide bonds. The number of nitro benzene ring substituents is 1. The average Bonchev–Trinajstić information content (AvgIpc) is 3.01. The van der Waals surface area contributed by atoms with E-state index in [0.717, 1.165) is 24.9 Å². The molecule has 7 nitrogen and oxygen atoms in total. The number of carbonyl (C=O) groups is 2. The van der Waals surface area contributed by atoms with Crippen LogP contribution in [-0.4, -0.2) is 32.5 Å². The number of carbonyl (C=O) groups excluding carboxylic acids is 2. The van der Waals surface area contributed by atoms with E-state index in [9.17, 15) is 19.7 Å². The van der Waals surface area contributed by atoms with Gasteiger partial charge in [0.25, 0.3) is 11.6 Å². The van der Waals surface area contributed by atoms with Crippen LogP contribution in [0.25, 0.3) is 6.08 Å². The number of thioether (sulfide) groups is 1. The maximum absolute atomic E-state index is 12.6. The zero-order valence-corrected chi connectivity index (χ0v) is 18.3. The van der Waals surface area contributed by atoms with Gasteiger partial charge >= 0.3 is 0 Å². The van der Waals surface area contributed by atoms with Crippen molar-refractivity contribution < 1.29 is 14.5 Å². The maximum atomic E-state index is 12.6. The molecule has 0 aliphatic carbocycles. The molecule has 0 saturated carbocycles. The highest BCUT2D eigenvalue weighted by molar-refractivity contribution is 8.26. The second-order valence-corrected chi connectivity index (χ2v) is 8.58. The summed E-state index contributed by atoms with van der Waals surface area (Å²) in [7, 11) is 0. The smallest absolute Gasteiger partial charge is 0.269 e. The number of amides is 2. The fourth-order valence-corrected chi connectivity index (χ4v) is 4.32. The Balaban J connectivity index is 1.43. The van der Waals surface area contributed by atoms with Gasteiger partial charge in [-0.25, -0.2) is 0 Å². The third kappa shape index (κ3) is 6.47. The van der Waals surface area contributed by atoms with Gasteiger partial charge in [0.15, 0.2) is 0 Å². The van der Waals surface area contributed by atoms with Gasteiger partial charge in [-0.1, -0.05) is 48.6 Å². The Labute approximate surface area is 189 Å². The molecule has 1 heterocycles. The summed E-state index contributed by atoms with van der Waals surface area (Å²) < 4.78 is 0.500. The summed E-state index contributed by atoms with van der Waals surface area (Å²) >= 11 is 6.56. The van der Waals surface area contributed by atoms with E-state index in [4.69, 9.17) is 12.2 Å². The Bertz CT molecular complexity index is 1010. The maximum Gasteiger partial charge on any atom is 0.269 e. The predicted octanol–water partition coefficient (Wildman–Crippen LogP) is 5.00. The average molecular weight is 456 g/mol. The Hall–Kier alpha value is -3.04. The number of anilines is 1. The lowest BCUT2D eigenvalue weighted by Crippen LogP contribution is -2.29. The Morgan fingerprint density at radius 2 is 1.81 bits per heavy atom. The van der Waals surface area contributed by atoms with Crippen LogP contribution in [0.5, 0.6) is 0 Å². The lowest BCUT2D eigenvalue weighted by molar-refractivity contribution is -0.384. The third-order valence-electron chi connectivity index (χ3n) is 4.62. The lowest BCUT2D eigenvalue weighted by atomic mass is 10.1. The van der Waals surface area contributed by atoms with Gasteiger partial charge in [0.05, 0.1) is 9.83 Å². The fourth-order valence-electron chi connectivity index (χ4n) is 3.01. The molecule has 0 spiro atoms. The first-order chi connectivity index (χ1) is 14.9. The van der Waals surface area contributed by atoms with E-state index in [2.05, 4.69) is 5.32 Å². The van der Waals surface area contributed by atoms with Crippen LogP contribution in [0.4, 0.5) is 11.4 Å². The number of rotatable bonds is 9. The third-order valence-corrected chi connectivity index (χ3v) is 6.00. The molecule has 0 unspecified atom stereocenters. The van der Waals surface area contributed by atoms with Gasteiger partial charge in [-0.15, -0.1) is 0 Å². The molecule has 1 saturated heterocycles. The van der Waals surface area contributed by atoms with Gasteiger partial charge in [-0.3, -0.25) is 24.6 Å². The van der Waals surface area contributed by atoms with Crippen molar-refractivity contribution in [2.45, 2.75) is 25.7 Å². The SMILES string of the molecule is O=C(CCCCCN1C(=O)/C(=C/c2ccc([N+](=O)[O-])cc2)SC1=S)Nc1ccccc1. The standard InChI is InChI=1S/C22H21N3O4S2/c26-20(23-17-7-3-1-4-8-17)9-5-2-6-14-24-21(27)19(31-22(24)30)15-16-10-12-18(13-11-16)25(28)29/h1,3-4,7-8,10-13,15H,2,5-6,9,14H2,(H,23,26)/b19-15-. The number of hydrogen-bond donors (Lipinski definition) is 1. The first-order valence-corrected chi connectivity index (χ1v) is 11.0. The van der Waals surface area contributed by atoms with Crippen molar-refractivity contribution in [2.75, 3.05) is 11.9 Å². The van der Waals surface area contributed by atoms with E-state index in [1.165, 1.54) is 23.9 Å². The number of hydrogen-bond acceptors (Lipinski definition) is 6. The summed E-state index contributed by atoms with van der Waals surface area (Å²) in [6, 6.07) is 15.3. The van der Waals surface area contributed by atoms with Crippen LogP contribution < -0.4 is 5.32 Å². The van der Waals surface area contributed by atoms with Crippen molar-refractivity contribution >= 4 is 57.6 Å². The number of unbranched alkanes of at least 4 members (excludes halogenated alkanes) is 2. The van der Waals surface area contributed by atoms with Crippen LogP contribution in [0.3, 0.4) is 0 Å². The molecule has 160 valence electrons. The van der Waals surface area contributed by atoms with Crippen LogP contribution in [0, 0.1) is 10.1 Å². The van der Waals surface area contributed by atoms with Gasteiger partial charge in [-0.05, 0) is 48.7 Å². The van der Waals surface area contributed by atoms with Gasteiger partial charge in [0, 0.05) is 30.8 Å². The summed E-state index contributed by atoms with van der Waals surface area (Å²) in [5.74, 6) is -0.182. The molecule has 1 aliphatic rings. The molecule has 1 N–H and O–H groups in total. The molecule has 1 aliphatic heterocycles. The molecule has 0 bridgehead atoms. The minimum atomic E-state index is -0.464. The van der Waals surface area contributed by atoms with Crippen molar-refractivity contribution in [2.24, 2.45) is 0 Å². The highest BCUT2D eigenvalue weighted by atomic mass is 32.2. The van der Waals surface area contributed by atoms with Gasteiger partial charge in [0.1, 0.15) is 4.32 Å². The molecule has 2 aromatic rings. The van der Waals surface area contributed by atoms with Crippen LogP contribution in [0.1, 0.15) is 31.2 Å². The first kappa shape index (κ1) is 22.6. The van der Waals surface area contributed by atoms with Crippen molar-refractivity contribution in [3.63, 3.8) is 0 Å². The molecular formula is C22H21N3O4S2. The van der Waals surface area contributed by atoms with Gasteiger partial charge in [-0.2, -0.15) is 0 Å². The lowest BCUT2D eigenvalue weighted by Gasteiger charge is -2.14. The second-order valence-electron chi connectivity index (χ2n) is 6.91. The number of nitrogens with zero attached hydrogens (tertiary/aromatic N) is 2. The minimum Gasteiger partial charge on any atom is -0.326 e. The number of benzene rings is 2. The van der Waals surface area contributed by atoms with Gasteiger partial charge in [0.2, 0.25) is 5.91 Å². The largest absolute Gasteiger partial charge is 0.326 e. The van der Waals surface area contributed by atoms with Crippen LogP contribution >= 0.6 is 24.0 Å². The Morgan fingerprint density at radius 3 is 2.48 bits per heavy atom. The number of nitrogens with one attached hydrogen (secondary N) is 1. The van der Waals surface area contributed by atoms with E-state index >= 15 is 0 Å². The van der Waals surface area contributed by atoms with Gasteiger partial charge < -0.3 is 5.32 Å². The zero-order chi connectivity index (χ0) is 22.2. The molecule has 2 aromatic carbocycles. The van der Waals surface area contributed by atoms with E-state index in [0.29, 0.717) is 27.8 Å². The first-order valence-electron chi connectivity index (χ1n) is 9.79. The van der Waals surface area contributed by atoms with E-state index in [1.807, 2.05) is 30.3 Å². The highest BCUT2D eigenvalue weighted by Crippen LogP contribution is 2.33. The van der Waals surface area contributed by atoms with Crippen molar-refractivity contribution in [3.8, 4) is 0 Å². The van der Waals surface area contributed by atoms with E-state index in [-0.39, 0.29) is 17.5 Å². The number of non-ortho nitro benzene ring substituents is 1. The Morgan fingerprint density at radius 1 is 1.10 bits per heavy atom. The van der Waals surface area contributed by atoms with Crippen LogP contribution in [0.2, 0.25) is 0 Å². The zero-order valence-electron chi connectivity index (χ0n) is 16.7. The molecule has 1 fully saturated rings. The summed E-state index contributed by atoms with van der Waals surface area (Å²) in [6.07, 6.45) is 4.40. The summed E-state index contributed by atoms with van der Waals surface area (Å²) in [6.45, 7) is 0.503. The van der Waals surface area contributed by atoms with Crippen molar-refractivity contribution in [3.05, 3.63) is 75.2 Å². The van der Waals surface area contributed by atoms with E-state index in [1.54, 1.807) is 23.1 Å².